The summed E-state index contributed by atoms with van der Waals surface area (Å²) in [6, 6.07) is 3.84. The molecule has 0 unspecified atom stereocenters. The van der Waals surface area contributed by atoms with Gasteiger partial charge in [-0.1, -0.05) is 18.5 Å². The van der Waals surface area contributed by atoms with Crippen molar-refractivity contribution in [1.29, 1.82) is 0 Å². The number of sulfonamides is 1. The van der Waals surface area contributed by atoms with E-state index in [0.29, 0.717) is 24.7 Å². The second kappa shape index (κ2) is 7.95. The van der Waals surface area contributed by atoms with Crippen molar-refractivity contribution < 1.29 is 17.6 Å². The van der Waals surface area contributed by atoms with Gasteiger partial charge in [0, 0.05) is 25.0 Å². The van der Waals surface area contributed by atoms with Gasteiger partial charge in [0.25, 0.3) is 10.0 Å². The fourth-order valence-corrected chi connectivity index (χ4v) is 4.44. The number of amides is 1. The molecule has 27 heavy (non-hydrogen) atoms. The number of benzene rings is 1. The fourth-order valence-electron chi connectivity index (χ4n) is 2.86. The van der Waals surface area contributed by atoms with Gasteiger partial charge in [-0.25, -0.2) is 17.8 Å². The lowest BCUT2D eigenvalue weighted by Gasteiger charge is -2.28. The molecule has 1 aromatic carbocycles. The molecule has 0 bridgehead atoms. The second-order valence-electron chi connectivity index (χ2n) is 6.65. The summed E-state index contributed by atoms with van der Waals surface area (Å²) in [5, 5.41) is 2.40. The molecular formula is C17H20ClFN4O3S. The Hall–Kier alpha value is -1.97. The predicted molar refractivity (Wildman–Crippen MR) is 99.4 cm³/mol. The van der Waals surface area contributed by atoms with Crippen LogP contribution in [0.2, 0.25) is 5.02 Å². The normalized spacial score (nSPS) is 16.4. The van der Waals surface area contributed by atoms with Crippen LogP contribution in [0.25, 0.3) is 0 Å². The Morgan fingerprint density at radius 2 is 2.07 bits per heavy atom. The van der Waals surface area contributed by atoms with Gasteiger partial charge >= 0.3 is 0 Å². The van der Waals surface area contributed by atoms with Gasteiger partial charge in [0.05, 0.1) is 11.3 Å². The smallest absolute Gasteiger partial charge is 0.262 e. The monoisotopic (exact) mass is 414 g/mol. The number of rotatable bonds is 5. The minimum atomic E-state index is -3.66. The summed E-state index contributed by atoms with van der Waals surface area (Å²) in [7, 11) is -3.66. The van der Waals surface area contributed by atoms with E-state index in [4.69, 9.17) is 11.6 Å². The lowest BCUT2D eigenvalue weighted by atomic mass is 10.0. The van der Waals surface area contributed by atoms with E-state index in [-0.39, 0.29) is 16.6 Å². The standard InChI is InChI=1S/C17H20ClFN4O3S/c1-12-4-6-23(7-5-12)27(25,26)17-10-22(11-20-17)9-16(24)21-13-2-3-15(19)14(18)8-13/h2-3,8,10-12H,4-7,9H2,1H3,(H,21,24). The molecule has 10 heteroatoms. The van der Waals surface area contributed by atoms with Gasteiger partial charge in [0.1, 0.15) is 12.4 Å². The number of piperidine rings is 1. The Kier molecular flexibility index (Phi) is 5.83. The summed E-state index contributed by atoms with van der Waals surface area (Å²) in [5.74, 6) is -0.477. The third kappa shape index (κ3) is 4.66. The van der Waals surface area contributed by atoms with Crippen LogP contribution in [0.1, 0.15) is 19.8 Å². The molecule has 2 heterocycles. The minimum Gasteiger partial charge on any atom is -0.327 e. The van der Waals surface area contributed by atoms with Gasteiger partial charge < -0.3 is 9.88 Å². The molecule has 1 amide bonds. The van der Waals surface area contributed by atoms with Gasteiger partial charge in [-0.15, -0.1) is 0 Å². The number of halogens is 2. The van der Waals surface area contributed by atoms with E-state index < -0.39 is 21.7 Å². The number of anilines is 1. The van der Waals surface area contributed by atoms with Crippen LogP contribution in [0, 0.1) is 11.7 Å². The number of aromatic nitrogens is 2. The zero-order chi connectivity index (χ0) is 19.6. The van der Waals surface area contributed by atoms with E-state index in [0.717, 1.165) is 18.9 Å². The van der Waals surface area contributed by atoms with E-state index in [1.54, 1.807) is 0 Å². The summed E-state index contributed by atoms with van der Waals surface area (Å²) < 4.78 is 41.3. The lowest BCUT2D eigenvalue weighted by molar-refractivity contribution is -0.116. The summed E-state index contributed by atoms with van der Waals surface area (Å²) in [6.45, 7) is 2.92. The van der Waals surface area contributed by atoms with Crippen LogP contribution in [-0.2, 0) is 21.4 Å². The number of hydrogen-bond acceptors (Lipinski definition) is 4. The molecule has 0 radical (unpaired) electrons. The Morgan fingerprint density at radius 3 is 2.74 bits per heavy atom. The van der Waals surface area contributed by atoms with Crippen LogP contribution >= 0.6 is 11.6 Å². The van der Waals surface area contributed by atoms with Gasteiger partial charge in [-0.05, 0) is 37.0 Å². The molecule has 0 spiro atoms. The highest BCUT2D eigenvalue weighted by atomic mass is 35.5. The number of carbonyl (C=O) groups is 1. The maximum Gasteiger partial charge on any atom is 0.262 e. The highest BCUT2D eigenvalue weighted by molar-refractivity contribution is 7.89. The van der Waals surface area contributed by atoms with E-state index in [1.165, 1.54) is 33.5 Å². The van der Waals surface area contributed by atoms with Crippen LogP contribution in [0.4, 0.5) is 10.1 Å². The van der Waals surface area contributed by atoms with E-state index in [9.17, 15) is 17.6 Å². The minimum absolute atomic E-state index is 0.0744. The molecular weight excluding hydrogens is 395 g/mol. The Bertz CT molecular complexity index is 939. The molecule has 1 N–H and O–H groups in total. The Labute approximate surface area is 162 Å². The van der Waals surface area contributed by atoms with Gasteiger partial charge in [0.2, 0.25) is 5.91 Å². The molecule has 7 nitrogen and oxygen atoms in total. The number of nitrogens with zero attached hydrogens (tertiary/aromatic N) is 3. The summed E-state index contributed by atoms with van der Waals surface area (Å²) >= 11 is 5.68. The highest BCUT2D eigenvalue weighted by Gasteiger charge is 2.29. The van der Waals surface area contributed by atoms with E-state index in [1.807, 2.05) is 0 Å². The molecule has 1 aromatic heterocycles. The van der Waals surface area contributed by atoms with Crippen molar-refractivity contribution in [2.45, 2.75) is 31.3 Å². The third-order valence-corrected chi connectivity index (χ3v) is 6.56. The van der Waals surface area contributed by atoms with Crippen molar-refractivity contribution in [1.82, 2.24) is 13.9 Å². The van der Waals surface area contributed by atoms with Crippen molar-refractivity contribution in [3.8, 4) is 0 Å². The summed E-state index contributed by atoms with van der Waals surface area (Å²) in [4.78, 5) is 16.1. The van der Waals surface area contributed by atoms with Gasteiger partial charge in [-0.2, -0.15) is 4.31 Å². The van der Waals surface area contributed by atoms with Crippen LogP contribution < -0.4 is 5.32 Å². The number of carbonyl (C=O) groups excluding carboxylic acids is 1. The number of nitrogens with one attached hydrogen (secondary N) is 1. The Balaban J connectivity index is 1.64. The van der Waals surface area contributed by atoms with Crippen LogP contribution in [0.5, 0.6) is 0 Å². The topological polar surface area (TPSA) is 84.3 Å². The first kappa shape index (κ1) is 19.8. The number of imidazole rings is 1. The van der Waals surface area contributed by atoms with E-state index >= 15 is 0 Å². The molecule has 1 saturated heterocycles. The summed E-state index contributed by atoms with van der Waals surface area (Å²) in [6.07, 6.45) is 4.28. The molecule has 1 aliphatic heterocycles. The zero-order valence-electron chi connectivity index (χ0n) is 14.7. The molecule has 2 aromatic rings. The van der Waals surface area contributed by atoms with Crippen molar-refractivity contribution in [2.75, 3.05) is 18.4 Å². The molecule has 0 aliphatic carbocycles. The maximum absolute atomic E-state index is 13.2. The molecule has 0 saturated carbocycles. The molecule has 3 rings (SSSR count). The lowest BCUT2D eigenvalue weighted by Crippen LogP contribution is -2.38. The number of hydrogen-bond donors (Lipinski definition) is 1. The highest BCUT2D eigenvalue weighted by Crippen LogP contribution is 2.22. The van der Waals surface area contributed by atoms with Crippen molar-refractivity contribution in [3.63, 3.8) is 0 Å². The van der Waals surface area contributed by atoms with Crippen molar-refractivity contribution in [2.24, 2.45) is 5.92 Å². The third-order valence-electron chi connectivity index (χ3n) is 4.49. The Morgan fingerprint density at radius 1 is 1.37 bits per heavy atom. The largest absolute Gasteiger partial charge is 0.327 e. The van der Waals surface area contributed by atoms with Crippen LogP contribution in [0.15, 0.2) is 35.7 Å². The molecule has 0 atom stereocenters. The van der Waals surface area contributed by atoms with Crippen LogP contribution in [-0.4, -0.2) is 41.3 Å². The van der Waals surface area contributed by atoms with Crippen molar-refractivity contribution in [3.05, 3.63) is 41.6 Å². The first-order valence-corrected chi connectivity index (χ1v) is 10.3. The van der Waals surface area contributed by atoms with Gasteiger partial charge in [0.15, 0.2) is 5.03 Å². The average Bonchev–Trinajstić information content (AvgIpc) is 3.08. The maximum atomic E-state index is 13.2. The quantitative estimate of drug-likeness (QED) is 0.815. The second-order valence-corrected chi connectivity index (χ2v) is 8.94. The molecule has 146 valence electrons. The molecule has 1 fully saturated rings. The predicted octanol–water partition coefficient (Wildman–Crippen LogP) is 2.73. The fraction of sp³-hybridized carbons (Fsp3) is 0.412. The van der Waals surface area contributed by atoms with E-state index in [2.05, 4.69) is 17.2 Å². The SMILES string of the molecule is CC1CCN(S(=O)(=O)c2cn(CC(=O)Nc3ccc(F)c(Cl)c3)cn2)CC1. The first-order valence-electron chi connectivity index (χ1n) is 8.52. The van der Waals surface area contributed by atoms with Crippen molar-refractivity contribution >= 4 is 33.2 Å². The first-order chi connectivity index (χ1) is 12.8. The average molecular weight is 415 g/mol. The molecule has 1 aliphatic rings. The van der Waals surface area contributed by atoms with Gasteiger partial charge in [-0.3, -0.25) is 4.79 Å². The summed E-state index contributed by atoms with van der Waals surface area (Å²) in [5.41, 5.74) is 0.349. The van der Waals surface area contributed by atoms with Crippen LogP contribution in [0.3, 0.4) is 0 Å². The zero-order valence-corrected chi connectivity index (χ0v) is 16.3.